The van der Waals surface area contributed by atoms with E-state index in [0.717, 1.165) is 11.2 Å². The quantitative estimate of drug-likeness (QED) is 0.701. The van der Waals surface area contributed by atoms with E-state index < -0.39 is 0 Å². The van der Waals surface area contributed by atoms with E-state index in [0.29, 0.717) is 10.7 Å². The summed E-state index contributed by atoms with van der Waals surface area (Å²) in [6, 6.07) is 0.623. The first-order valence-electron chi connectivity index (χ1n) is 4.26. The van der Waals surface area contributed by atoms with Gasteiger partial charge in [-0.2, -0.15) is 0 Å². The molecule has 0 aromatic carbocycles. The average Bonchev–Trinajstić information content (AvgIpc) is 2.87. The minimum absolute atomic E-state index is 0.577. The number of fused-ring (bicyclic) bond motifs is 1. The first kappa shape index (κ1) is 7.20. The Labute approximate surface area is 79.6 Å². The molecule has 5 heteroatoms. The number of hydrogen-bond donors (Lipinski definition) is 1. The molecule has 2 aromatic rings. The summed E-state index contributed by atoms with van der Waals surface area (Å²) in [5.41, 5.74) is 1.81. The summed E-state index contributed by atoms with van der Waals surface area (Å²) in [6.45, 7) is 0. The maximum Gasteiger partial charge on any atom is 0.157 e. The predicted molar refractivity (Wildman–Crippen MR) is 51.0 cm³/mol. The first-order valence-corrected chi connectivity index (χ1v) is 4.67. The second kappa shape index (κ2) is 2.38. The van der Waals surface area contributed by atoms with Crippen LogP contribution in [0.1, 0.15) is 18.9 Å². The summed E-state index contributed by atoms with van der Waals surface area (Å²) < 4.78 is 2.72. The molecule has 13 heavy (non-hydrogen) atoms. The number of hydrogen-bond acceptors (Lipinski definition) is 3. The van der Waals surface area contributed by atoms with Crippen molar-refractivity contribution in [3.63, 3.8) is 0 Å². The molecule has 3 rings (SSSR count). The van der Waals surface area contributed by atoms with Crippen LogP contribution < -0.4 is 0 Å². The predicted octanol–water partition coefficient (Wildman–Crippen LogP) is 1.82. The molecule has 1 aliphatic rings. The molecular formula is C8H8N4S. The van der Waals surface area contributed by atoms with Gasteiger partial charge in [-0.25, -0.2) is 9.97 Å². The van der Waals surface area contributed by atoms with E-state index in [9.17, 15) is 0 Å². The molecular weight excluding hydrogens is 184 g/mol. The van der Waals surface area contributed by atoms with Crippen LogP contribution in [0.2, 0.25) is 0 Å². The number of aromatic nitrogens is 4. The lowest BCUT2D eigenvalue weighted by atomic mass is 10.5. The van der Waals surface area contributed by atoms with Gasteiger partial charge in [-0.15, -0.1) is 0 Å². The smallest absolute Gasteiger partial charge is 0.157 e. The Hall–Kier alpha value is -1.23. The highest BCUT2D eigenvalue weighted by Gasteiger charge is 2.25. The lowest BCUT2D eigenvalue weighted by molar-refractivity contribution is 0.756. The van der Waals surface area contributed by atoms with Crippen LogP contribution in [-0.4, -0.2) is 19.5 Å². The largest absolute Gasteiger partial charge is 0.330 e. The zero-order valence-corrected chi connectivity index (χ0v) is 7.71. The lowest BCUT2D eigenvalue weighted by Gasteiger charge is -1.98. The van der Waals surface area contributed by atoms with Crippen LogP contribution in [-0.2, 0) is 0 Å². The zero-order chi connectivity index (χ0) is 8.84. The second-order valence-electron chi connectivity index (χ2n) is 3.29. The average molecular weight is 192 g/mol. The molecule has 0 atom stereocenters. The van der Waals surface area contributed by atoms with Crippen molar-refractivity contribution >= 4 is 23.4 Å². The Morgan fingerprint density at radius 1 is 1.46 bits per heavy atom. The van der Waals surface area contributed by atoms with Gasteiger partial charge in [-0.05, 0) is 12.8 Å². The van der Waals surface area contributed by atoms with Crippen LogP contribution in [0.15, 0.2) is 12.7 Å². The Morgan fingerprint density at radius 2 is 2.31 bits per heavy atom. The van der Waals surface area contributed by atoms with Gasteiger partial charge in [0, 0.05) is 6.04 Å². The fraction of sp³-hybridized carbons (Fsp3) is 0.375. The van der Waals surface area contributed by atoms with Crippen LogP contribution in [0.3, 0.4) is 0 Å². The summed E-state index contributed by atoms with van der Waals surface area (Å²) in [7, 11) is 0. The van der Waals surface area contributed by atoms with E-state index in [1.807, 2.05) is 6.33 Å². The second-order valence-corrected chi connectivity index (χ2v) is 3.67. The van der Waals surface area contributed by atoms with E-state index >= 15 is 0 Å². The monoisotopic (exact) mass is 192 g/mol. The number of H-pyrrole nitrogens is 1. The number of nitrogens with zero attached hydrogens (tertiary/aromatic N) is 3. The molecule has 66 valence electrons. The SMILES string of the molecule is S=c1nc[nH]c2c1ncn2C1CC1. The minimum Gasteiger partial charge on any atom is -0.330 e. The third-order valence-corrected chi connectivity index (χ3v) is 2.62. The highest BCUT2D eigenvalue weighted by atomic mass is 32.1. The minimum atomic E-state index is 0.577. The van der Waals surface area contributed by atoms with Crippen molar-refractivity contribution in [2.24, 2.45) is 0 Å². The number of rotatable bonds is 1. The molecule has 0 bridgehead atoms. The molecule has 0 spiro atoms. The molecule has 2 heterocycles. The van der Waals surface area contributed by atoms with Crippen LogP contribution in [0, 0.1) is 4.64 Å². The fourth-order valence-corrected chi connectivity index (χ4v) is 1.71. The third kappa shape index (κ3) is 1.00. The van der Waals surface area contributed by atoms with Gasteiger partial charge in [0.2, 0.25) is 0 Å². The summed E-state index contributed by atoms with van der Waals surface area (Å²) in [6.07, 6.45) is 5.96. The molecule has 4 nitrogen and oxygen atoms in total. The van der Waals surface area contributed by atoms with E-state index in [2.05, 4.69) is 19.5 Å². The van der Waals surface area contributed by atoms with E-state index in [1.165, 1.54) is 12.8 Å². The van der Waals surface area contributed by atoms with Gasteiger partial charge in [0.15, 0.2) is 4.64 Å². The Balaban J connectivity index is 2.38. The van der Waals surface area contributed by atoms with Gasteiger partial charge in [-0.3, -0.25) is 0 Å². The Kier molecular flexibility index (Phi) is 1.32. The maximum atomic E-state index is 5.07. The number of imidazole rings is 1. The van der Waals surface area contributed by atoms with Crippen LogP contribution >= 0.6 is 12.2 Å². The molecule has 1 fully saturated rings. The van der Waals surface area contributed by atoms with Gasteiger partial charge in [0.1, 0.15) is 11.2 Å². The van der Waals surface area contributed by atoms with E-state index in [1.54, 1.807) is 6.33 Å². The molecule has 1 saturated carbocycles. The molecule has 2 aromatic heterocycles. The van der Waals surface area contributed by atoms with Crippen molar-refractivity contribution in [2.45, 2.75) is 18.9 Å². The highest BCUT2D eigenvalue weighted by molar-refractivity contribution is 7.71. The Morgan fingerprint density at radius 3 is 3.08 bits per heavy atom. The molecule has 1 aliphatic carbocycles. The Bertz CT molecular complexity index is 508. The van der Waals surface area contributed by atoms with Gasteiger partial charge in [-0.1, -0.05) is 12.2 Å². The molecule has 0 amide bonds. The molecule has 0 unspecified atom stereocenters. The lowest BCUT2D eigenvalue weighted by Crippen LogP contribution is -1.93. The first-order chi connectivity index (χ1) is 6.36. The maximum absolute atomic E-state index is 5.07. The third-order valence-electron chi connectivity index (χ3n) is 2.32. The van der Waals surface area contributed by atoms with Crippen molar-refractivity contribution in [1.82, 2.24) is 19.5 Å². The standard InChI is InChI=1S/C8H8N4S/c13-8-6-7(9-3-10-8)12(4-11-6)5-1-2-5/h3-5H,1-2H2,(H,9,10,13). The van der Waals surface area contributed by atoms with Crippen molar-refractivity contribution in [1.29, 1.82) is 0 Å². The summed E-state index contributed by atoms with van der Waals surface area (Å²) in [4.78, 5) is 11.3. The van der Waals surface area contributed by atoms with Crippen LogP contribution in [0.5, 0.6) is 0 Å². The topological polar surface area (TPSA) is 46.5 Å². The van der Waals surface area contributed by atoms with Crippen LogP contribution in [0.25, 0.3) is 11.2 Å². The van der Waals surface area contributed by atoms with Crippen molar-refractivity contribution in [3.05, 3.63) is 17.3 Å². The van der Waals surface area contributed by atoms with Gasteiger partial charge in [0.05, 0.1) is 12.7 Å². The van der Waals surface area contributed by atoms with Gasteiger partial charge in [0.25, 0.3) is 0 Å². The number of nitrogens with one attached hydrogen (secondary N) is 1. The zero-order valence-electron chi connectivity index (χ0n) is 6.90. The fourth-order valence-electron chi connectivity index (χ4n) is 1.50. The van der Waals surface area contributed by atoms with E-state index in [-0.39, 0.29) is 0 Å². The van der Waals surface area contributed by atoms with Gasteiger partial charge >= 0.3 is 0 Å². The molecule has 0 aliphatic heterocycles. The summed E-state index contributed by atoms with van der Waals surface area (Å²) in [5, 5.41) is 0. The summed E-state index contributed by atoms with van der Waals surface area (Å²) in [5.74, 6) is 0. The molecule has 1 N–H and O–H groups in total. The molecule has 0 radical (unpaired) electrons. The van der Waals surface area contributed by atoms with Crippen molar-refractivity contribution in [2.75, 3.05) is 0 Å². The highest BCUT2D eigenvalue weighted by Crippen LogP contribution is 2.36. The van der Waals surface area contributed by atoms with E-state index in [4.69, 9.17) is 12.2 Å². The normalized spacial score (nSPS) is 16.6. The molecule has 0 saturated heterocycles. The van der Waals surface area contributed by atoms with Crippen LogP contribution in [0.4, 0.5) is 0 Å². The van der Waals surface area contributed by atoms with Crippen molar-refractivity contribution < 1.29 is 0 Å². The van der Waals surface area contributed by atoms with Gasteiger partial charge < -0.3 is 9.55 Å². The number of aromatic amines is 1. The summed E-state index contributed by atoms with van der Waals surface area (Å²) >= 11 is 5.07. The van der Waals surface area contributed by atoms with Crippen molar-refractivity contribution in [3.8, 4) is 0 Å².